The quantitative estimate of drug-likeness (QED) is 0.942. The van der Waals surface area contributed by atoms with E-state index in [2.05, 4.69) is 46.5 Å². The Hall–Kier alpha value is -1.16. The number of piperidine rings is 1. The number of hydrogen-bond donors (Lipinski definition) is 1. The number of rotatable bonds is 3. The van der Waals surface area contributed by atoms with Crippen LogP contribution in [0.4, 0.5) is 0 Å². The zero-order valence-electron chi connectivity index (χ0n) is 11.9. The van der Waals surface area contributed by atoms with Gasteiger partial charge in [0.05, 0.1) is 5.52 Å². The van der Waals surface area contributed by atoms with Crippen molar-refractivity contribution in [3.8, 4) is 0 Å². The third-order valence-corrected chi connectivity index (χ3v) is 4.02. The highest BCUT2D eigenvalue weighted by molar-refractivity contribution is 5.85. The zero-order chi connectivity index (χ0) is 13.1. The van der Waals surface area contributed by atoms with Crippen molar-refractivity contribution in [2.75, 3.05) is 20.1 Å². The first-order valence-electron chi connectivity index (χ1n) is 7.09. The summed E-state index contributed by atoms with van der Waals surface area (Å²) in [6, 6.07) is 11.3. The lowest BCUT2D eigenvalue weighted by Crippen LogP contribution is -2.43. The van der Waals surface area contributed by atoms with Gasteiger partial charge in [0.2, 0.25) is 0 Å². The Balaban J connectivity index is 0.00000147. The van der Waals surface area contributed by atoms with Gasteiger partial charge in [0, 0.05) is 30.7 Å². The van der Waals surface area contributed by atoms with Crippen LogP contribution in [-0.2, 0) is 6.54 Å². The fourth-order valence-corrected chi connectivity index (χ4v) is 2.97. The van der Waals surface area contributed by atoms with E-state index in [4.69, 9.17) is 0 Å². The van der Waals surface area contributed by atoms with Gasteiger partial charge >= 0.3 is 0 Å². The van der Waals surface area contributed by atoms with Crippen LogP contribution in [0.15, 0.2) is 36.5 Å². The molecule has 108 valence electrons. The van der Waals surface area contributed by atoms with Crippen LogP contribution < -0.4 is 5.32 Å². The van der Waals surface area contributed by atoms with Crippen LogP contribution in [0.5, 0.6) is 0 Å². The Kier molecular flexibility index (Phi) is 5.35. The summed E-state index contributed by atoms with van der Waals surface area (Å²) in [4.78, 5) is 7.08. The molecular formula is C16H22ClN3. The second-order valence-corrected chi connectivity index (χ2v) is 5.36. The predicted molar refractivity (Wildman–Crippen MR) is 86.3 cm³/mol. The lowest BCUT2D eigenvalue weighted by atomic mass is 10.0. The molecule has 1 atom stereocenters. The van der Waals surface area contributed by atoms with Crippen molar-refractivity contribution in [2.24, 2.45) is 0 Å². The summed E-state index contributed by atoms with van der Waals surface area (Å²) in [5.74, 6) is 0. The van der Waals surface area contributed by atoms with Gasteiger partial charge in [0.1, 0.15) is 0 Å². The first-order chi connectivity index (χ1) is 9.36. The second-order valence-electron chi connectivity index (χ2n) is 5.36. The van der Waals surface area contributed by atoms with Crippen LogP contribution in [0.1, 0.15) is 18.4 Å². The number of fused-ring (bicyclic) bond motifs is 1. The molecule has 0 bridgehead atoms. The molecule has 1 fully saturated rings. The van der Waals surface area contributed by atoms with Crippen LogP contribution in [0.2, 0.25) is 0 Å². The van der Waals surface area contributed by atoms with Gasteiger partial charge in [-0.2, -0.15) is 0 Å². The van der Waals surface area contributed by atoms with Gasteiger partial charge in [0.15, 0.2) is 0 Å². The zero-order valence-corrected chi connectivity index (χ0v) is 12.7. The lowest BCUT2D eigenvalue weighted by Gasteiger charge is -2.32. The van der Waals surface area contributed by atoms with Crippen LogP contribution in [-0.4, -0.2) is 36.1 Å². The summed E-state index contributed by atoms with van der Waals surface area (Å²) in [5, 5.41) is 4.64. The van der Waals surface area contributed by atoms with Crippen molar-refractivity contribution in [1.82, 2.24) is 15.2 Å². The Morgan fingerprint density at radius 2 is 2.15 bits per heavy atom. The third kappa shape index (κ3) is 3.29. The molecule has 0 saturated carbocycles. The monoisotopic (exact) mass is 291 g/mol. The molecule has 0 spiro atoms. The molecule has 3 nitrogen and oxygen atoms in total. The SMILES string of the molecule is CNC1CCCN(Cc2cccc3cccnc23)C1.Cl. The highest BCUT2D eigenvalue weighted by Crippen LogP contribution is 2.19. The normalized spacial score (nSPS) is 19.8. The standard InChI is InChI=1S/C16H21N3.ClH/c1-17-15-8-4-10-19(12-15)11-14-6-2-5-13-7-3-9-18-16(13)14;/h2-3,5-7,9,15,17H,4,8,10-12H2,1H3;1H. The molecule has 0 radical (unpaired) electrons. The molecule has 1 aromatic carbocycles. The second kappa shape index (κ2) is 7.02. The summed E-state index contributed by atoms with van der Waals surface area (Å²) in [6.45, 7) is 3.34. The average Bonchev–Trinajstić information content (AvgIpc) is 2.48. The van der Waals surface area contributed by atoms with Crippen LogP contribution in [0, 0.1) is 0 Å². The van der Waals surface area contributed by atoms with Crippen molar-refractivity contribution >= 4 is 23.3 Å². The van der Waals surface area contributed by atoms with Gasteiger partial charge in [-0.3, -0.25) is 9.88 Å². The molecule has 1 aliphatic heterocycles. The third-order valence-electron chi connectivity index (χ3n) is 4.02. The fourth-order valence-electron chi connectivity index (χ4n) is 2.97. The number of para-hydroxylation sites is 1. The molecule has 2 aromatic rings. The Bertz CT molecular complexity index is 553. The number of likely N-dealkylation sites (tertiary alicyclic amines) is 1. The molecule has 1 saturated heterocycles. The number of nitrogens with one attached hydrogen (secondary N) is 1. The molecule has 1 unspecified atom stereocenters. The van der Waals surface area contributed by atoms with Crippen molar-refractivity contribution in [3.63, 3.8) is 0 Å². The Morgan fingerprint density at radius 3 is 3.00 bits per heavy atom. The lowest BCUT2D eigenvalue weighted by molar-refractivity contribution is 0.188. The molecule has 3 rings (SSSR count). The maximum absolute atomic E-state index is 4.54. The maximum Gasteiger partial charge on any atom is 0.0746 e. The minimum Gasteiger partial charge on any atom is -0.316 e. The molecule has 1 aliphatic rings. The number of likely N-dealkylation sites (N-methyl/N-ethyl adjacent to an activating group) is 1. The van der Waals surface area contributed by atoms with E-state index in [1.165, 1.54) is 30.3 Å². The number of aromatic nitrogens is 1. The summed E-state index contributed by atoms with van der Waals surface area (Å²) in [6.07, 6.45) is 4.46. The van der Waals surface area contributed by atoms with Crippen LogP contribution in [0.3, 0.4) is 0 Å². The first-order valence-corrected chi connectivity index (χ1v) is 7.09. The Labute approximate surface area is 126 Å². The maximum atomic E-state index is 4.54. The number of hydrogen-bond acceptors (Lipinski definition) is 3. The Morgan fingerprint density at radius 1 is 1.30 bits per heavy atom. The molecule has 20 heavy (non-hydrogen) atoms. The minimum atomic E-state index is 0. The first kappa shape index (κ1) is 15.2. The highest BCUT2D eigenvalue weighted by Gasteiger charge is 2.18. The van der Waals surface area contributed by atoms with Crippen molar-refractivity contribution in [2.45, 2.75) is 25.4 Å². The van der Waals surface area contributed by atoms with Gasteiger partial charge in [-0.25, -0.2) is 0 Å². The molecule has 1 N–H and O–H groups in total. The number of pyridine rings is 1. The van der Waals surface area contributed by atoms with E-state index in [9.17, 15) is 0 Å². The number of benzene rings is 1. The van der Waals surface area contributed by atoms with Crippen molar-refractivity contribution < 1.29 is 0 Å². The summed E-state index contributed by atoms with van der Waals surface area (Å²) in [5.41, 5.74) is 2.49. The van der Waals surface area contributed by atoms with E-state index >= 15 is 0 Å². The van der Waals surface area contributed by atoms with Gasteiger partial charge in [-0.05, 0) is 38.1 Å². The predicted octanol–water partition coefficient (Wildman–Crippen LogP) is 2.84. The van der Waals surface area contributed by atoms with Gasteiger partial charge in [-0.1, -0.05) is 24.3 Å². The van der Waals surface area contributed by atoms with E-state index in [1.54, 1.807) is 0 Å². The molecule has 0 aliphatic carbocycles. The summed E-state index contributed by atoms with van der Waals surface area (Å²) < 4.78 is 0. The molecule has 4 heteroatoms. The molecule has 0 amide bonds. The minimum absolute atomic E-state index is 0. The van der Waals surface area contributed by atoms with E-state index in [0.29, 0.717) is 6.04 Å². The topological polar surface area (TPSA) is 28.2 Å². The van der Waals surface area contributed by atoms with Crippen molar-refractivity contribution in [1.29, 1.82) is 0 Å². The highest BCUT2D eigenvalue weighted by atomic mass is 35.5. The average molecular weight is 292 g/mol. The van der Waals surface area contributed by atoms with E-state index < -0.39 is 0 Å². The van der Waals surface area contributed by atoms with E-state index in [1.807, 2.05) is 12.3 Å². The van der Waals surface area contributed by atoms with Crippen LogP contribution in [0.25, 0.3) is 10.9 Å². The van der Waals surface area contributed by atoms with Gasteiger partial charge in [-0.15, -0.1) is 12.4 Å². The largest absolute Gasteiger partial charge is 0.316 e. The van der Waals surface area contributed by atoms with Crippen molar-refractivity contribution in [3.05, 3.63) is 42.1 Å². The number of halogens is 1. The molecule has 1 aromatic heterocycles. The molecular weight excluding hydrogens is 270 g/mol. The smallest absolute Gasteiger partial charge is 0.0746 e. The van der Waals surface area contributed by atoms with E-state index in [-0.39, 0.29) is 12.4 Å². The van der Waals surface area contributed by atoms with Gasteiger partial charge < -0.3 is 5.32 Å². The van der Waals surface area contributed by atoms with E-state index in [0.717, 1.165) is 18.6 Å². The molecule has 2 heterocycles. The number of nitrogens with zero attached hydrogens (tertiary/aromatic N) is 2. The fraction of sp³-hybridized carbons (Fsp3) is 0.438. The summed E-state index contributed by atoms with van der Waals surface area (Å²) >= 11 is 0. The van der Waals surface area contributed by atoms with Gasteiger partial charge in [0.25, 0.3) is 0 Å². The summed E-state index contributed by atoms with van der Waals surface area (Å²) in [7, 11) is 2.06. The van der Waals surface area contributed by atoms with Crippen LogP contribution >= 0.6 is 12.4 Å².